The summed E-state index contributed by atoms with van der Waals surface area (Å²) in [6.07, 6.45) is 6.75. The third-order valence-corrected chi connectivity index (χ3v) is 0.517. The number of rotatable bonds is 2. The van der Waals surface area contributed by atoms with Gasteiger partial charge in [0.15, 0.2) is 0 Å². The number of hydrogen-bond acceptors (Lipinski definition) is 0. The van der Waals surface area contributed by atoms with Gasteiger partial charge in [0.25, 0.3) is 0 Å². The molecule has 0 radical (unpaired) electrons. The molecule has 0 aliphatic carbocycles. The number of allylic oxidation sites excluding steroid dienone is 4. The van der Waals surface area contributed by atoms with Crippen LogP contribution >= 0.6 is 0 Å². The van der Waals surface area contributed by atoms with E-state index in [1.165, 1.54) is 6.42 Å². The van der Waals surface area contributed by atoms with Gasteiger partial charge in [-0.05, 0) is 6.92 Å². The highest BCUT2D eigenvalue weighted by Gasteiger charge is 1.65. The van der Waals surface area contributed by atoms with E-state index in [-0.39, 0.29) is 0 Å². The second-order valence-corrected chi connectivity index (χ2v) is 2.15. The minimum Gasteiger partial charge on any atom is -0.0991 e. The SMILES string of the molecule is C=C/C=C\C(=C)C.CC.CC.CCC. The summed E-state index contributed by atoms with van der Waals surface area (Å²) < 4.78 is 0. The third-order valence-electron chi connectivity index (χ3n) is 0.517. The van der Waals surface area contributed by atoms with Gasteiger partial charge >= 0.3 is 0 Å². The van der Waals surface area contributed by atoms with Gasteiger partial charge in [-0.1, -0.05) is 84.9 Å². The molecule has 86 valence electrons. The Labute approximate surface area is 92.4 Å². The smallest absolute Gasteiger partial charge is 0.0404 e. The second kappa shape index (κ2) is 39.8. The van der Waals surface area contributed by atoms with Crippen LogP contribution in [0.1, 0.15) is 54.9 Å². The average Bonchev–Trinajstić information content (AvgIpc) is 2.22. The maximum Gasteiger partial charge on any atom is -0.0404 e. The van der Waals surface area contributed by atoms with Crippen molar-refractivity contribution in [3.8, 4) is 0 Å². The van der Waals surface area contributed by atoms with Gasteiger partial charge in [-0.3, -0.25) is 0 Å². The molecule has 0 fully saturated rings. The zero-order valence-corrected chi connectivity index (χ0v) is 11.4. The molecule has 0 aliphatic heterocycles. The van der Waals surface area contributed by atoms with Crippen LogP contribution in [0.3, 0.4) is 0 Å². The van der Waals surface area contributed by atoms with Gasteiger partial charge in [0, 0.05) is 0 Å². The summed E-state index contributed by atoms with van der Waals surface area (Å²) in [4.78, 5) is 0. The zero-order chi connectivity index (χ0) is 12.4. The van der Waals surface area contributed by atoms with Crippen LogP contribution in [0.5, 0.6) is 0 Å². The van der Waals surface area contributed by atoms with E-state index in [1.807, 2.05) is 46.8 Å². The van der Waals surface area contributed by atoms with Gasteiger partial charge in [-0.15, -0.1) is 0 Å². The first-order valence-electron chi connectivity index (χ1n) is 5.63. The molecule has 0 bridgehead atoms. The summed E-state index contributed by atoms with van der Waals surface area (Å²) in [5.41, 5.74) is 1.06. The van der Waals surface area contributed by atoms with Gasteiger partial charge < -0.3 is 0 Å². The fraction of sp³-hybridized carbons (Fsp3) is 0.571. The van der Waals surface area contributed by atoms with Crippen LogP contribution in [0.2, 0.25) is 0 Å². The van der Waals surface area contributed by atoms with Crippen LogP contribution in [-0.2, 0) is 0 Å². The Hall–Kier alpha value is -0.780. The quantitative estimate of drug-likeness (QED) is 0.494. The van der Waals surface area contributed by atoms with Crippen molar-refractivity contribution in [3.05, 3.63) is 37.0 Å². The minimum atomic E-state index is 1.06. The summed E-state index contributed by atoms with van der Waals surface area (Å²) >= 11 is 0. The summed E-state index contributed by atoms with van der Waals surface area (Å²) in [5, 5.41) is 0. The zero-order valence-electron chi connectivity index (χ0n) is 11.4. The van der Waals surface area contributed by atoms with Crippen molar-refractivity contribution in [1.29, 1.82) is 0 Å². The molecule has 0 heterocycles. The molecule has 0 aromatic heterocycles. The molecule has 0 atom stereocenters. The molecule has 0 N–H and O–H groups in total. The van der Waals surface area contributed by atoms with Crippen LogP contribution in [-0.4, -0.2) is 0 Å². The molecule has 0 heteroatoms. The molecule has 0 amide bonds. The fourth-order valence-corrected chi connectivity index (χ4v) is 0.232. The third kappa shape index (κ3) is 113. The molecule has 0 spiro atoms. The standard InChI is InChI=1S/C7H10.C3H8.2C2H6/c1-4-5-6-7(2)3;1-3-2;2*1-2/h4-6H,1-2H2,3H3;3H2,1-2H3;2*1-2H3/b6-5-;;;. The highest BCUT2D eigenvalue weighted by atomic mass is 13.7. The minimum absolute atomic E-state index is 1.06. The lowest BCUT2D eigenvalue weighted by molar-refractivity contribution is 1.09. The Bertz CT molecular complexity index is 107. The van der Waals surface area contributed by atoms with Crippen molar-refractivity contribution in [2.75, 3.05) is 0 Å². The van der Waals surface area contributed by atoms with Crippen LogP contribution in [0.25, 0.3) is 0 Å². The Morgan fingerprint density at radius 3 is 1.43 bits per heavy atom. The summed E-state index contributed by atoms with van der Waals surface area (Å²) in [6, 6.07) is 0. The highest BCUT2D eigenvalue weighted by molar-refractivity contribution is 5.15. The van der Waals surface area contributed by atoms with Crippen molar-refractivity contribution in [3.63, 3.8) is 0 Å². The Balaban J connectivity index is -0.0000000603. The topological polar surface area (TPSA) is 0 Å². The van der Waals surface area contributed by atoms with Crippen molar-refractivity contribution < 1.29 is 0 Å². The van der Waals surface area contributed by atoms with E-state index >= 15 is 0 Å². The molecular formula is C14H30. The Morgan fingerprint density at radius 1 is 1.07 bits per heavy atom. The van der Waals surface area contributed by atoms with Crippen molar-refractivity contribution in [1.82, 2.24) is 0 Å². The van der Waals surface area contributed by atoms with E-state index in [0.717, 1.165) is 5.57 Å². The lowest BCUT2D eigenvalue weighted by Gasteiger charge is -1.77. The van der Waals surface area contributed by atoms with Gasteiger partial charge in [0.2, 0.25) is 0 Å². The predicted octanol–water partition coefficient (Wildman–Crippen LogP) is 5.77. The Morgan fingerprint density at radius 2 is 1.36 bits per heavy atom. The van der Waals surface area contributed by atoms with Gasteiger partial charge in [0.1, 0.15) is 0 Å². The van der Waals surface area contributed by atoms with Gasteiger partial charge in [0.05, 0.1) is 0 Å². The van der Waals surface area contributed by atoms with Gasteiger partial charge in [-0.2, -0.15) is 0 Å². The summed E-state index contributed by atoms with van der Waals surface area (Å²) in [5.74, 6) is 0. The molecule has 0 rings (SSSR count). The monoisotopic (exact) mass is 198 g/mol. The molecule has 0 saturated carbocycles. The molecule has 0 aromatic rings. The summed E-state index contributed by atoms with van der Waals surface area (Å²) in [7, 11) is 0. The predicted molar refractivity (Wildman–Crippen MR) is 72.8 cm³/mol. The largest absolute Gasteiger partial charge is 0.0991 e. The van der Waals surface area contributed by atoms with Crippen LogP contribution < -0.4 is 0 Å². The maximum atomic E-state index is 3.66. The molecular weight excluding hydrogens is 168 g/mol. The van der Waals surface area contributed by atoms with E-state index < -0.39 is 0 Å². The van der Waals surface area contributed by atoms with Crippen LogP contribution in [0.4, 0.5) is 0 Å². The lowest BCUT2D eigenvalue weighted by Crippen LogP contribution is -1.55. The van der Waals surface area contributed by atoms with Gasteiger partial charge in [-0.25, -0.2) is 0 Å². The molecule has 0 nitrogen and oxygen atoms in total. The van der Waals surface area contributed by atoms with Crippen molar-refractivity contribution in [2.24, 2.45) is 0 Å². The highest BCUT2D eigenvalue weighted by Crippen LogP contribution is 1.86. The molecule has 14 heavy (non-hydrogen) atoms. The molecule has 0 saturated heterocycles. The average molecular weight is 198 g/mol. The molecule has 0 aliphatic rings. The Kier molecular flexibility index (Phi) is 66.0. The van der Waals surface area contributed by atoms with E-state index in [4.69, 9.17) is 0 Å². The summed E-state index contributed by atoms with van der Waals surface area (Å²) in [6.45, 7) is 21.4. The van der Waals surface area contributed by atoms with E-state index in [2.05, 4.69) is 27.0 Å². The van der Waals surface area contributed by atoms with E-state index in [1.54, 1.807) is 6.08 Å². The molecule has 0 unspecified atom stereocenters. The van der Waals surface area contributed by atoms with Crippen LogP contribution in [0, 0.1) is 0 Å². The lowest BCUT2D eigenvalue weighted by atomic mass is 10.3. The first-order chi connectivity index (χ1) is 6.68. The first-order valence-corrected chi connectivity index (χ1v) is 5.63. The van der Waals surface area contributed by atoms with E-state index in [9.17, 15) is 0 Å². The maximum absolute atomic E-state index is 3.66. The first kappa shape index (κ1) is 23.2. The number of hydrogen-bond donors (Lipinski definition) is 0. The normalized spacial score (nSPS) is 6.79. The van der Waals surface area contributed by atoms with Crippen LogP contribution in [0.15, 0.2) is 37.0 Å². The second-order valence-electron chi connectivity index (χ2n) is 2.15. The van der Waals surface area contributed by atoms with E-state index in [0.29, 0.717) is 0 Å². The fourth-order valence-electron chi connectivity index (χ4n) is 0.232. The van der Waals surface area contributed by atoms with Crippen molar-refractivity contribution >= 4 is 0 Å². The van der Waals surface area contributed by atoms with Crippen molar-refractivity contribution in [2.45, 2.75) is 54.9 Å². The molecule has 0 aromatic carbocycles.